The summed E-state index contributed by atoms with van der Waals surface area (Å²) in [5.74, 6) is -0.305. The van der Waals surface area contributed by atoms with Gasteiger partial charge in [0.05, 0.1) is 12.7 Å². The third-order valence-electron chi connectivity index (χ3n) is 4.13. The Bertz CT molecular complexity index is 954. The lowest BCUT2D eigenvalue weighted by atomic mass is 10.1. The molecule has 7 heteroatoms. The Hall–Kier alpha value is -2.51. The molecular formula is C19H20FN3O2S. The van der Waals surface area contributed by atoms with Crippen molar-refractivity contribution >= 4 is 10.0 Å². The minimum absolute atomic E-state index is 0.162. The summed E-state index contributed by atoms with van der Waals surface area (Å²) in [6.45, 7) is 0.813. The SMILES string of the molecule is CN(CCc1ccc(F)cc1)S(=O)(=O)c1cnn(Cc2ccccc2)c1. The molecule has 136 valence electrons. The molecular weight excluding hydrogens is 353 g/mol. The van der Waals surface area contributed by atoms with Crippen molar-refractivity contribution < 1.29 is 12.8 Å². The Kier molecular flexibility index (Phi) is 5.49. The van der Waals surface area contributed by atoms with Gasteiger partial charge in [-0.05, 0) is 29.7 Å². The van der Waals surface area contributed by atoms with Crippen LogP contribution in [0.5, 0.6) is 0 Å². The highest BCUT2D eigenvalue weighted by molar-refractivity contribution is 7.89. The zero-order valence-corrected chi connectivity index (χ0v) is 15.2. The quantitative estimate of drug-likeness (QED) is 0.640. The molecule has 1 aromatic heterocycles. The van der Waals surface area contributed by atoms with Crippen LogP contribution in [0.4, 0.5) is 4.39 Å². The van der Waals surface area contributed by atoms with Crippen molar-refractivity contribution in [1.82, 2.24) is 14.1 Å². The molecule has 0 spiro atoms. The molecule has 26 heavy (non-hydrogen) atoms. The van der Waals surface area contributed by atoms with E-state index in [4.69, 9.17) is 0 Å². The second-order valence-corrected chi connectivity index (χ2v) is 8.11. The molecule has 2 aromatic carbocycles. The van der Waals surface area contributed by atoms with Gasteiger partial charge >= 0.3 is 0 Å². The Morgan fingerprint density at radius 3 is 2.42 bits per heavy atom. The molecule has 0 saturated carbocycles. The van der Waals surface area contributed by atoms with Crippen molar-refractivity contribution in [3.8, 4) is 0 Å². The topological polar surface area (TPSA) is 55.2 Å². The summed E-state index contributed by atoms with van der Waals surface area (Å²) in [5, 5.41) is 4.16. The van der Waals surface area contributed by atoms with Crippen LogP contribution in [-0.4, -0.2) is 36.1 Å². The Morgan fingerprint density at radius 1 is 1.04 bits per heavy atom. The van der Waals surface area contributed by atoms with Crippen molar-refractivity contribution in [2.45, 2.75) is 17.9 Å². The summed E-state index contributed by atoms with van der Waals surface area (Å²) >= 11 is 0. The molecule has 0 aliphatic carbocycles. The van der Waals surface area contributed by atoms with E-state index >= 15 is 0 Å². The van der Waals surface area contributed by atoms with Gasteiger partial charge in [-0.15, -0.1) is 0 Å². The van der Waals surface area contributed by atoms with Crippen LogP contribution in [0.25, 0.3) is 0 Å². The Labute approximate surface area is 152 Å². The van der Waals surface area contributed by atoms with Crippen LogP contribution < -0.4 is 0 Å². The van der Waals surface area contributed by atoms with E-state index in [0.29, 0.717) is 19.5 Å². The molecule has 0 saturated heterocycles. The molecule has 0 unspecified atom stereocenters. The fraction of sp³-hybridized carbons (Fsp3) is 0.211. The summed E-state index contributed by atoms with van der Waals surface area (Å²) in [4.78, 5) is 0.162. The Morgan fingerprint density at radius 2 is 1.73 bits per heavy atom. The first-order chi connectivity index (χ1) is 12.4. The predicted octanol–water partition coefficient (Wildman–Crippen LogP) is 2.93. The summed E-state index contributed by atoms with van der Waals surface area (Å²) in [7, 11) is -2.08. The molecule has 3 rings (SSSR count). The standard InChI is InChI=1S/C19H20FN3O2S/c1-22(12-11-16-7-9-18(20)10-8-16)26(24,25)19-13-21-23(15-19)14-17-5-3-2-4-6-17/h2-10,13,15H,11-12,14H2,1H3. The van der Waals surface area contributed by atoms with E-state index in [9.17, 15) is 12.8 Å². The lowest BCUT2D eigenvalue weighted by Gasteiger charge is -2.16. The molecule has 0 atom stereocenters. The molecule has 0 fully saturated rings. The van der Waals surface area contributed by atoms with Gasteiger partial charge in [-0.2, -0.15) is 5.10 Å². The number of halogens is 1. The smallest absolute Gasteiger partial charge is 0.245 e. The lowest BCUT2D eigenvalue weighted by molar-refractivity contribution is 0.472. The van der Waals surface area contributed by atoms with Crippen LogP contribution in [0.15, 0.2) is 71.9 Å². The van der Waals surface area contributed by atoms with Gasteiger partial charge < -0.3 is 0 Å². The van der Waals surface area contributed by atoms with Gasteiger partial charge in [-0.3, -0.25) is 4.68 Å². The predicted molar refractivity (Wildman–Crippen MR) is 97.7 cm³/mol. The maximum absolute atomic E-state index is 12.9. The van der Waals surface area contributed by atoms with Crippen molar-refractivity contribution in [2.24, 2.45) is 0 Å². The molecule has 0 amide bonds. The zero-order valence-electron chi connectivity index (χ0n) is 14.4. The third-order valence-corrected chi connectivity index (χ3v) is 5.94. The minimum atomic E-state index is -3.61. The van der Waals surface area contributed by atoms with Gasteiger partial charge in [-0.25, -0.2) is 17.1 Å². The first-order valence-electron chi connectivity index (χ1n) is 8.22. The van der Waals surface area contributed by atoms with Crippen molar-refractivity contribution in [2.75, 3.05) is 13.6 Å². The normalized spacial score (nSPS) is 11.8. The summed E-state index contributed by atoms with van der Waals surface area (Å²) in [6, 6.07) is 15.8. The summed E-state index contributed by atoms with van der Waals surface area (Å²) < 4.78 is 41.2. The molecule has 3 aromatic rings. The molecule has 0 aliphatic rings. The number of hydrogen-bond donors (Lipinski definition) is 0. The van der Waals surface area contributed by atoms with E-state index in [2.05, 4.69) is 5.10 Å². The number of likely N-dealkylation sites (N-methyl/N-ethyl adjacent to an activating group) is 1. The lowest BCUT2D eigenvalue weighted by Crippen LogP contribution is -2.28. The van der Waals surface area contributed by atoms with E-state index in [0.717, 1.165) is 11.1 Å². The maximum Gasteiger partial charge on any atom is 0.245 e. The molecule has 1 heterocycles. The second-order valence-electron chi connectivity index (χ2n) is 6.06. The number of rotatable bonds is 7. The highest BCUT2D eigenvalue weighted by Crippen LogP contribution is 2.15. The van der Waals surface area contributed by atoms with Crippen LogP contribution in [-0.2, 0) is 23.0 Å². The van der Waals surface area contributed by atoms with Crippen molar-refractivity contribution in [1.29, 1.82) is 0 Å². The number of sulfonamides is 1. The van der Waals surface area contributed by atoms with Gasteiger partial charge in [0.15, 0.2) is 0 Å². The average molecular weight is 373 g/mol. The molecule has 0 radical (unpaired) electrons. The van der Waals surface area contributed by atoms with Crippen LogP contribution in [0.3, 0.4) is 0 Å². The van der Waals surface area contributed by atoms with E-state index in [1.54, 1.807) is 16.8 Å². The Balaban J connectivity index is 1.66. The maximum atomic E-state index is 12.9. The number of benzene rings is 2. The van der Waals surface area contributed by atoms with Gasteiger partial charge in [0, 0.05) is 19.8 Å². The highest BCUT2D eigenvalue weighted by Gasteiger charge is 2.22. The summed E-state index contributed by atoms with van der Waals surface area (Å²) in [5.41, 5.74) is 1.93. The fourth-order valence-corrected chi connectivity index (χ4v) is 3.70. The van der Waals surface area contributed by atoms with E-state index in [1.807, 2.05) is 30.3 Å². The number of aromatic nitrogens is 2. The molecule has 0 N–H and O–H groups in total. The highest BCUT2D eigenvalue weighted by atomic mass is 32.2. The second kappa shape index (κ2) is 7.80. The molecule has 5 nitrogen and oxygen atoms in total. The molecule has 0 bridgehead atoms. The first-order valence-corrected chi connectivity index (χ1v) is 9.66. The minimum Gasteiger partial charge on any atom is -0.267 e. The fourth-order valence-electron chi connectivity index (χ4n) is 2.57. The zero-order chi connectivity index (χ0) is 18.6. The molecule has 0 aliphatic heterocycles. The van der Waals surface area contributed by atoms with Crippen molar-refractivity contribution in [3.05, 3.63) is 83.9 Å². The number of hydrogen-bond acceptors (Lipinski definition) is 3. The van der Waals surface area contributed by atoms with E-state index in [-0.39, 0.29) is 10.7 Å². The third kappa shape index (κ3) is 4.36. The van der Waals surface area contributed by atoms with Gasteiger partial charge in [-0.1, -0.05) is 42.5 Å². The van der Waals surface area contributed by atoms with Crippen LogP contribution in [0.1, 0.15) is 11.1 Å². The van der Waals surface area contributed by atoms with E-state index in [1.165, 1.54) is 35.9 Å². The first kappa shape index (κ1) is 18.3. The van der Waals surface area contributed by atoms with Gasteiger partial charge in [0.25, 0.3) is 0 Å². The van der Waals surface area contributed by atoms with Crippen molar-refractivity contribution in [3.63, 3.8) is 0 Å². The van der Waals surface area contributed by atoms with Gasteiger partial charge in [0.2, 0.25) is 10.0 Å². The van der Waals surface area contributed by atoms with Crippen LogP contribution >= 0.6 is 0 Å². The summed E-state index contributed by atoms with van der Waals surface area (Å²) in [6.07, 6.45) is 3.41. The van der Waals surface area contributed by atoms with Crippen LogP contribution in [0.2, 0.25) is 0 Å². The van der Waals surface area contributed by atoms with E-state index < -0.39 is 10.0 Å². The number of nitrogens with zero attached hydrogens (tertiary/aromatic N) is 3. The largest absolute Gasteiger partial charge is 0.267 e. The van der Waals surface area contributed by atoms with Gasteiger partial charge in [0.1, 0.15) is 10.7 Å². The van der Waals surface area contributed by atoms with Crippen LogP contribution in [0, 0.1) is 5.82 Å². The monoisotopic (exact) mass is 373 g/mol. The average Bonchev–Trinajstić information content (AvgIpc) is 3.11.